The van der Waals surface area contributed by atoms with Gasteiger partial charge in [0.15, 0.2) is 0 Å². The van der Waals surface area contributed by atoms with Crippen LogP contribution in [0, 0.1) is 0 Å². The molecular formula is C32H66O12. The fourth-order valence-corrected chi connectivity index (χ4v) is 3.65. The number of hydrogen-bond donors (Lipinski definition) is 1. The van der Waals surface area contributed by atoms with E-state index in [1.807, 2.05) is 0 Å². The monoisotopic (exact) mass is 642 g/mol. The highest BCUT2D eigenvalue weighted by atomic mass is 16.6. The fourth-order valence-electron chi connectivity index (χ4n) is 3.65. The van der Waals surface area contributed by atoms with Crippen LogP contribution in [0.3, 0.4) is 0 Å². The third-order valence-electron chi connectivity index (χ3n) is 6.15. The zero-order valence-corrected chi connectivity index (χ0v) is 28.0. The standard InChI is InChI=1S/C32H66O12/c1-3-4-5-6-7-8-11-34-12-9-32(2)44-31-30-43-29-28-42-27-26-41-25-24-40-23-22-39-21-20-38-19-18-37-17-16-36-15-14-35-13-10-33/h32-33H,3-31H2,1-2H3. The van der Waals surface area contributed by atoms with E-state index in [1.54, 1.807) is 0 Å². The van der Waals surface area contributed by atoms with Gasteiger partial charge >= 0.3 is 0 Å². The van der Waals surface area contributed by atoms with Crippen molar-refractivity contribution in [3.05, 3.63) is 0 Å². The molecule has 0 radical (unpaired) electrons. The van der Waals surface area contributed by atoms with Crippen LogP contribution in [0.4, 0.5) is 0 Å². The zero-order valence-electron chi connectivity index (χ0n) is 28.0. The van der Waals surface area contributed by atoms with Gasteiger partial charge in [-0.15, -0.1) is 0 Å². The molecule has 0 aromatic heterocycles. The highest BCUT2D eigenvalue weighted by molar-refractivity contribution is 4.50. The lowest BCUT2D eigenvalue weighted by Gasteiger charge is -2.13. The predicted molar refractivity (Wildman–Crippen MR) is 169 cm³/mol. The van der Waals surface area contributed by atoms with Crippen LogP contribution < -0.4 is 0 Å². The Kier molecular flexibility index (Phi) is 40.1. The zero-order chi connectivity index (χ0) is 31.9. The van der Waals surface area contributed by atoms with Crippen molar-refractivity contribution >= 4 is 0 Å². The molecule has 0 amide bonds. The van der Waals surface area contributed by atoms with Crippen LogP contribution in [-0.4, -0.2) is 157 Å². The maximum absolute atomic E-state index is 8.58. The Morgan fingerprint density at radius 1 is 0.364 bits per heavy atom. The number of aliphatic hydroxyl groups is 1. The van der Waals surface area contributed by atoms with Gasteiger partial charge in [-0.3, -0.25) is 0 Å². The molecule has 266 valence electrons. The van der Waals surface area contributed by atoms with E-state index in [1.165, 1.54) is 32.1 Å². The van der Waals surface area contributed by atoms with Gasteiger partial charge in [0.1, 0.15) is 0 Å². The molecule has 0 fully saturated rings. The van der Waals surface area contributed by atoms with E-state index in [4.69, 9.17) is 57.2 Å². The summed E-state index contributed by atoms with van der Waals surface area (Å²) in [4.78, 5) is 0. The lowest BCUT2D eigenvalue weighted by molar-refractivity contribution is -0.0308. The van der Waals surface area contributed by atoms with Crippen LogP contribution in [-0.2, 0) is 52.1 Å². The van der Waals surface area contributed by atoms with Crippen LogP contribution >= 0.6 is 0 Å². The van der Waals surface area contributed by atoms with E-state index in [0.717, 1.165) is 26.1 Å². The van der Waals surface area contributed by atoms with E-state index >= 15 is 0 Å². The molecule has 12 nitrogen and oxygen atoms in total. The largest absolute Gasteiger partial charge is 0.394 e. The first-order valence-electron chi connectivity index (χ1n) is 16.8. The Morgan fingerprint density at radius 2 is 0.682 bits per heavy atom. The Balaban J connectivity index is 3.10. The first kappa shape index (κ1) is 43.5. The minimum absolute atomic E-state index is 0.0283. The molecule has 44 heavy (non-hydrogen) atoms. The lowest BCUT2D eigenvalue weighted by Crippen LogP contribution is -2.17. The van der Waals surface area contributed by atoms with Gasteiger partial charge < -0.3 is 57.2 Å². The molecule has 0 aliphatic rings. The van der Waals surface area contributed by atoms with Gasteiger partial charge in [-0.25, -0.2) is 0 Å². The van der Waals surface area contributed by atoms with E-state index in [0.29, 0.717) is 126 Å². The molecule has 0 spiro atoms. The highest BCUT2D eigenvalue weighted by Crippen LogP contribution is 2.05. The summed E-state index contributed by atoms with van der Waals surface area (Å²) in [7, 11) is 0. The topological polar surface area (TPSA) is 122 Å². The van der Waals surface area contributed by atoms with Crippen LogP contribution in [0.15, 0.2) is 0 Å². The Morgan fingerprint density at radius 3 is 1.07 bits per heavy atom. The van der Waals surface area contributed by atoms with E-state index in [9.17, 15) is 0 Å². The predicted octanol–water partition coefficient (Wildman–Crippen LogP) is 3.30. The van der Waals surface area contributed by atoms with Gasteiger partial charge in [0, 0.05) is 13.2 Å². The Labute approximate surface area is 267 Å². The molecule has 0 aromatic carbocycles. The summed E-state index contributed by atoms with van der Waals surface area (Å²) in [5.41, 5.74) is 0. The molecule has 0 aliphatic heterocycles. The van der Waals surface area contributed by atoms with Crippen LogP contribution in [0.2, 0.25) is 0 Å². The van der Waals surface area contributed by atoms with E-state index in [-0.39, 0.29) is 12.7 Å². The molecule has 0 saturated heterocycles. The Hall–Kier alpha value is -0.480. The number of rotatable bonds is 40. The lowest BCUT2D eigenvalue weighted by atomic mass is 10.1. The molecule has 0 bridgehead atoms. The van der Waals surface area contributed by atoms with Crippen molar-refractivity contribution in [1.82, 2.24) is 0 Å². The summed E-state index contributed by atoms with van der Waals surface area (Å²) in [5.74, 6) is 0. The SMILES string of the molecule is CCCCCCCCOCCC(C)OCCOCCOCCOCCOCCOCCOCCOCCOCCOCCO. The molecule has 0 rings (SSSR count). The second-order valence-electron chi connectivity index (χ2n) is 10.1. The van der Waals surface area contributed by atoms with Gasteiger partial charge in [-0.1, -0.05) is 39.0 Å². The van der Waals surface area contributed by atoms with Crippen molar-refractivity contribution in [2.75, 3.05) is 145 Å². The van der Waals surface area contributed by atoms with Gasteiger partial charge in [0.05, 0.1) is 138 Å². The van der Waals surface area contributed by atoms with Gasteiger partial charge in [0.2, 0.25) is 0 Å². The van der Waals surface area contributed by atoms with Crippen molar-refractivity contribution in [2.45, 2.75) is 64.9 Å². The normalized spacial score (nSPS) is 12.3. The second-order valence-corrected chi connectivity index (χ2v) is 10.1. The Bertz CT molecular complexity index is 504. The number of unbranched alkanes of at least 4 members (excludes halogenated alkanes) is 5. The van der Waals surface area contributed by atoms with Crippen molar-refractivity contribution in [2.24, 2.45) is 0 Å². The second kappa shape index (κ2) is 40.5. The first-order chi connectivity index (χ1) is 21.8. The van der Waals surface area contributed by atoms with Crippen molar-refractivity contribution in [3.8, 4) is 0 Å². The summed E-state index contributed by atoms with van der Waals surface area (Å²) < 4.78 is 60.3. The summed E-state index contributed by atoms with van der Waals surface area (Å²) in [5, 5.41) is 8.58. The van der Waals surface area contributed by atoms with Gasteiger partial charge in [-0.2, -0.15) is 0 Å². The molecule has 0 saturated carbocycles. The molecule has 0 aromatic rings. The molecule has 0 aliphatic carbocycles. The number of ether oxygens (including phenoxy) is 11. The van der Waals surface area contributed by atoms with Crippen molar-refractivity contribution in [3.63, 3.8) is 0 Å². The first-order valence-corrected chi connectivity index (χ1v) is 16.8. The molecule has 1 atom stereocenters. The molecule has 12 heteroatoms. The van der Waals surface area contributed by atoms with E-state index < -0.39 is 0 Å². The van der Waals surface area contributed by atoms with Gasteiger partial charge in [0.25, 0.3) is 0 Å². The van der Waals surface area contributed by atoms with Crippen LogP contribution in [0.5, 0.6) is 0 Å². The van der Waals surface area contributed by atoms with Crippen LogP contribution in [0.1, 0.15) is 58.8 Å². The quantitative estimate of drug-likeness (QED) is 0.0988. The molecule has 1 N–H and O–H groups in total. The van der Waals surface area contributed by atoms with Gasteiger partial charge in [-0.05, 0) is 19.8 Å². The molecular weight excluding hydrogens is 576 g/mol. The van der Waals surface area contributed by atoms with E-state index in [2.05, 4.69) is 13.8 Å². The third kappa shape index (κ3) is 39.5. The van der Waals surface area contributed by atoms with Crippen LogP contribution in [0.25, 0.3) is 0 Å². The fraction of sp³-hybridized carbons (Fsp3) is 1.00. The number of aliphatic hydroxyl groups excluding tert-OH is 1. The van der Waals surface area contributed by atoms with Crippen molar-refractivity contribution < 1.29 is 57.2 Å². The molecule has 1 unspecified atom stereocenters. The maximum Gasteiger partial charge on any atom is 0.0704 e. The molecule has 0 heterocycles. The number of hydrogen-bond acceptors (Lipinski definition) is 12. The minimum Gasteiger partial charge on any atom is -0.394 e. The third-order valence-corrected chi connectivity index (χ3v) is 6.15. The maximum atomic E-state index is 8.58. The summed E-state index contributed by atoms with van der Waals surface area (Å²) in [6.07, 6.45) is 8.83. The summed E-state index contributed by atoms with van der Waals surface area (Å²) >= 11 is 0. The smallest absolute Gasteiger partial charge is 0.0704 e. The average Bonchev–Trinajstić information content (AvgIpc) is 3.03. The summed E-state index contributed by atoms with van der Waals surface area (Å²) in [6.45, 7) is 15.7. The van der Waals surface area contributed by atoms with Crippen molar-refractivity contribution in [1.29, 1.82) is 0 Å². The average molecular weight is 643 g/mol. The highest BCUT2D eigenvalue weighted by Gasteiger charge is 2.02. The summed E-state index contributed by atoms with van der Waals surface area (Å²) in [6, 6.07) is 0. The minimum atomic E-state index is 0.0283.